The first kappa shape index (κ1) is 12.9. The Balaban J connectivity index is 2.05. The van der Waals surface area contributed by atoms with Gasteiger partial charge in [0.15, 0.2) is 0 Å². The van der Waals surface area contributed by atoms with Crippen LogP contribution in [0.3, 0.4) is 0 Å². The van der Waals surface area contributed by atoms with Gasteiger partial charge in [0.05, 0.1) is 6.61 Å². The van der Waals surface area contributed by atoms with Gasteiger partial charge in [-0.3, -0.25) is 0 Å². The van der Waals surface area contributed by atoms with E-state index in [1.807, 2.05) is 24.3 Å². The Labute approximate surface area is 111 Å². The second-order valence-corrected chi connectivity index (χ2v) is 4.30. The van der Waals surface area contributed by atoms with E-state index in [2.05, 4.69) is 0 Å². The molecule has 0 radical (unpaired) electrons. The fourth-order valence-electron chi connectivity index (χ4n) is 1.63. The third-order valence-electron chi connectivity index (χ3n) is 2.58. The molecular weight excluding hydrogens is 251 g/mol. The van der Waals surface area contributed by atoms with Crippen molar-refractivity contribution in [2.24, 2.45) is 0 Å². The second-order valence-electron chi connectivity index (χ2n) is 3.92. The minimum absolute atomic E-state index is 0.222. The summed E-state index contributed by atoms with van der Waals surface area (Å²) in [4.78, 5) is 0. The van der Waals surface area contributed by atoms with E-state index in [1.54, 1.807) is 12.1 Å². The molecule has 2 aromatic rings. The molecule has 0 saturated carbocycles. The van der Waals surface area contributed by atoms with Gasteiger partial charge in [0.25, 0.3) is 0 Å². The molecule has 1 nitrogen and oxygen atoms in total. The van der Waals surface area contributed by atoms with Crippen LogP contribution >= 0.6 is 11.6 Å². The van der Waals surface area contributed by atoms with Gasteiger partial charge in [-0.25, -0.2) is 4.39 Å². The van der Waals surface area contributed by atoms with Crippen LogP contribution in [-0.2, 0) is 0 Å². The minimum atomic E-state index is -0.222. The lowest BCUT2D eigenvalue weighted by molar-refractivity contribution is 0.318. The van der Waals surface area contributed by atoms with E-state index < -0.39 is 0 Å². The Morgan fingerprint density at radius 3 is 2.00 bits per heavy atom. The van der Waals surface area contributed by atoms with Crippen molar-refractivity contribution < 1.29 is 9.13 Å². The zero-order valence-corrected chi connectivity index (χ0v) is 10.7. The highest BCUT2D eigenvalue weighted by molar-refractivity contribution is 6.17. The van der Waals surface area contributed by atoms with E-state index in [1.165, 1.54) is 12.1 Å². The van der Waals surface area contributed by atoms with Crippen molar-refractivity contribution in [1.82, 2.24) is 0 Å². The highest BCUT2D eigenvalue weighted by Crippen LogP contribution is 2.22. The summed E-state index contributed by atoms with van der Waals surface area (Å²) in [6.07, 6.45) is 0.835. The molecule has 0 spiro atoms. The largest absolute Gasteiger partial charge is 0.494 e. The standard InChI is InChI=1S/C15H14ClFO/c16-10-1-11-18-15-8-4-13(5-9-15)12-2-6-14(17)7-3-12/h2-9H,1,10-11H2. The van der Waals surface area contributed by atoms with E-state index in [-0.39, 0.29) is 5.82 Å². The maximum Gasteiger partial charge on any atom is 0.123 e. The first-order chi connectivity index (χ1) is 8.79. The Kier molecular flexibility index (Phi) is 4.59. The maximum atomic E-state index is 12.8. The van der Waals surface area contributed by atoms with E-state index >= 15 is 0 Å². The summed E-state index contributed by atoms with van der Waals surface area (Å²) in [6.45, 7) is 0.624. The smallest absolute Gasteiger partial charge is 0.123 e. The monoisotopic (exact) mass is 264 g/mol. The fourth-order valence-corrected chi connectivity index (χ4v) is 1.74. The third-order valence-corrected chi connectivity index (χ3v) is 2.85. The van der Waals surface area contributed by atoms with Crippen molar-refractivity contribution in [3.63, 3.8) is 0 Å². The van der Waals surface area contributed by atoms with Crippen LogP contribution in [0, 0.1) is 5.82 Å². The quantitative estimate of drug-likeness (QED) is 0.571. The average Bonchev–Trinajstić information content (AvgIpc) is 2.41. The molecular formula is C15H14ClFO. The van der Waals surface area contributed by atoms with Crippen molar-refractivity contribution in [2.45, 2.75) is 6.42 Å². The molecule has 0 saturated heterocycles. The first-order valence-electron chi connectivity index (χ1n) is 5.84. The van der Waals surface area contributed by atoms with Gasteiger partial charge in [0.1, 0.15) is 11.6 Å². The van der Waals surface area contributed by atoms with Crippen LogP contribution in [0.4, 0.5) is 4.39 Å². The number of halogens is 2. The lowest BCUT2D eigenvalue weighted by Gasteiger charge is -2.06. The number of benzene rings is 2. The molecule has 0 bridgehead atoms. The Morgan fingerprint density at radius 1 is 0.889 bits per heavy atom. The zero-order chi connectivity index (χ0) is 12.8. The Hall–Kier alpha value is -1.54. The number of alkyl halides is 1. The van der Waals surface area contributed by atoms with Crippen LogP contribution in [-0.4, -0.2) is 12.5 Å². The van der Waals surface area contributed by atoms with Gasteiger partial charge >= 0.3 is 0 Å². The highest BCUT2D eigenvalue weighted by atomic mass is 35.5. The van der Waals surface area contributed by atoms with E-state index in [9.17, 15) is 4.39 Å². The van der Waals surface area contributed by atoms with Gasteiger partial charge in [0.2, 0.25) is 0 Å². The zero-order valence-electron chi connectivity index (χ0n) is 9.90. The van der Waals surface area contributed by atoms with E-state index in [4.69, 9.17) is 16.3 Å². The molecule has 3 heteroatoms. The highest BCUT2D eigenvalue weighted by Gasteiger charge is 1.99. The van der Waals surface area contributed by atoms with Gasteiger partial charge in [-0.1, -0.05) is 24.3 Å². The number of rotatable bonds is 5. The Bertz CT molecular complexity index is 479. The molecule has 0 amide bonds. The summed E-state index contributed by atoms with van der Waals surface area (Å²) >= 11 is 5.58. The molecule has 0 aliphatic carbocycles. The van der Waals surface area contributed by atoms with Crippen molar-refractivity contribution >= 4 is 11.6 Å². The lowest BCUT2D eigenvalue weighted by atomic mass is 10.1. The molecule has 0 fully saturated rings. The van der Waals surface area contributed by atoms with Crippen LogP contribution in [0.2, 0.25) is 0 Å². The molecule has 2 rings (SSSR count). The van der Waals surface area contributed by atoms with Crippen LogP contribution in [0.25, 0.3) is 11.1 Å². The summed E-state index contributed by atoms with van der Waals surface area (Å²) in [7, 11) is 0. The van der Waals surface area contributed by atoms with E-state index in [0.29, 0.717) is 12.5 Å². The minimum Gasteiger partial charge on any atom is -0.494 e. The number of ether oxygens (including phenoxy) is 1. The predicted octanol–water partition coefficient (Wildman–Crippen LogP) is 4.50. The van der Waals surface area contributed by atoms with Gasteiger partial charge in [-0.05, 0) is 41.8 Å². The summed E-state index contributed by atoms with van der Waals surface area (Å²) in [6, 6.07) is 14.2. The second kappa shape index (κ2) is 6.41. The van der Waals surface area contributed by atoms with E-state index in [0.717, 1.165) is 23.3 Å². The third kappa shape index (κ3) is 3.47. The van der Waals surface area contributed by atoms with Crippen molar-refractivity contribution in [1.29, 1.82) is 0 Å². The van der Waals surface area contributed by atoms with Gasteiger partial charge in [-0.2, -0.15) is 0 Å². The van der Waals surface area contributed by atoms with Crippen molar-refractivity contribution in [2.75, 3.05) is 12.5 Å². The predicted molar refractivity (Wildman–Crippen MR) is 72.7 cm³/mol. The maximum absolute atomic E-state index is 12.8. The van der Waals surface area contributed by atoms with Crippen molar-refractivity contribution in [3.8, 4) is 16.9 Å². The molecule has 18 heavy (non-hydrogen) atoms. The molecule has 0 heterocycles. The average molecular weight is 265 g/mol. The Morgan fingerprint density at radius 2 is 1.44 bits per heavy atom. The lowest BCUT2D eigenvalue weighted by Crippen LogP contribution is -1.97. The first-order valence-corrected chi connectivity index (χ1v) is 6.38. The molecule has 0 aromatic heterocycles. The molecule has 0 atom stereocenters. The summed E-state index contributed by atoms with van der Waals surface area (Å²) < 4.78 is 18.3. The summed E-state index contributed by atoms with van der Waals surface area (Å²) in [5.74, 6) is 1.21. The fraction of sp³-hybridized carbons (Fsp3) is 0.200. The van der Waals surface area contributed by atoms with Crippen LogP contribution in [0.5, 0.6) is 5.75 Å². The molecule has 0 N–H and O–H groups in total. The summed E-state index contributed by atoms with van der Waals surface area (Å²) in [5, 5.41) is 0. The normalized spacial score (nSPS) is 10.3. The molecule has 0 aliphatic rings. The molecule has 94 valence electrons. The summed E-state index contributed by atoms with van der Waals surface area (Å²) in [5.41, 5.74) is 2.03. The molecule has 0 unspecified atom stereocenters. The molecule has 0 aliphatic heterocycles. The number of hydrogen-bond donors (Lipinski definition) is 0. The number of hydrogen-bond acceptors (Lipinski definition) is 1. The van der Waals surface area contributed by atoms with Gasteiger partial charge in [0, 0.05) is 5.88 Å². The van der Waals surface area contributed by atoms with Crippen LogP contribution < -0.4 is 4.74 Å². The van der Waals surface area contributed by atoms with Gasteiger partial charge in [-0.15, -0.1) is 11.6 Å². The topological polar surface area (TPSA) is 9.23 Å². The van der Waals surface area contributed by atoms with Crippen LogP contribution in [0.1, 0.15) is 6.42 Å². The van der Waals surface area contributed by atoms with Crippen molar-refractivity contribution in [3.05, 3.63) is 54.3 Å². The van der Waals surface area contributed by atoms with Gasteiger partial charge < -0.3 is 4.74 Å². The SMILES string of the molecule is Fc1ccc(-c2ccc(OCCCCl)cc2)cc1. The molecule has 2 aromatic carbocycles. The van der Waals surface area contributed by atoms with Crippen LogP contribution in [0.15, 0.2) is 48.5 Å².